The highest BCUT2D eigenvalue weighted by molar-refractivity contribution is 6.48. The van der Waals surface area contributed by atoms with Gasteiger partial charge in [0.25, 0.3) is 0 Å². The molecule has 0 nitrogen and oxygen atoms in total. The van der Waals surface area contributed by atoms with Crippen LogP contribution in [0.2, 0.25) is 0 Å². The van der Waals surface area contributed by atoms with Gasteiger partial charge in [0.2, 0.25) is 0 Å². The molecule has 0 unspecified atom stereocenters. The summed E-state index contributed by atoms with van der Waals surface area (Å²) < 4.78 is 0. The lowest BCUT2D eigenvalue weighted by Crippen LogP contribution is -2.00. The highest BCUT2D eigenvalue weighted by Gasteiger charge is 2.34. The molecular weight excluding hydrogens is 1030 g/mol. The maximum Gasteiger partial charge on any atom is -0.000740 e. The van der Waals surface area contributed by atoms with Crippen molar-refractivity contribution in [2.45, 2.75) is 39.5 Å². The van der Waals surface area contributed by atoms with E-state index in [0.717, 1.165) is 0 Å². The Hall–Kier alpha value is -10.4. The maximum atomic E-state index is 2.58. The Balaban J connectivity index is 0.934. The number of hydrogen-bond donors (Lipinski definition) is 0. The fourth-order valence-electron chi connectivity index (χ4n) is 16.8. The molecule has 0 fully saturated rings. The molecule has 0 amide bonds. The average Bonchev–Trinajstić information content (AvgIpc) is 1.56. The van der Waals surface area contributed by atoms with Gasteiger partial charge in [-0.1, -0.05) is 270 Å². The molecule has 1 aliphatic rings. The van der Waals surface area contributed by atoms with E-state index in [2.05, 4.69) is 282 Å². The van der Waals surface area contributed by atoms with E-state index in [9.17, 15) is 0 Å². The van der Waals surface area contributed by atoms with Crippen LogP contribution in [-0.4, -0.2) is 0 Å². The summed E-state index contributed by atoms with van der Waals surface area (Å²) in [5.41, 5.74) is 21.0. The van der Waals surface area contributed by atoms with Gasteiger partial charge in [-0.05, 0) is 231 Å². The number of rotatable bonds is 7. The molecule has 86 heavy (non-hydrogen) atoms. The highest BCUT2D eigenvalue weighted by atomic mass is 14.4. The van der Waals surface area contributed by atoms with E-state index in [1.54, 1.807) is 0 Å². The minimum Gasteiger partial charge on any atom is -0.0622 e. The predicted octanol–water partition coefficient (Wildman–Crippen LogP) is 24.9. The summed E-state index contributed by atoms with van der Waals surface area (Å²) in [4.78, 5) is 0. The van der Waals surface area contributed by atoms with E-state index in [1.807, 2.05) is 0 Å². The molecular formula is C86H56. The molecule has 18 aromatic carbocycles. The molecule has 0 atom stereocenters. The third kappa shape index (κ3) is 6.23. The normalized spacial score (nSPS) is 12.6. The highest BCUT2D eigenvalue weighted by Crippen LogP contribution is 2.61. The minimum atomic E-state index is 0.394. The lowest BCUT2D eigenvalue weighted by molar-refractivity contribution is 0.838. The van der Waals surface area contributed by atoms with Gasteiger partial charge in [0.15, 0.2) is 0 Å². The van der Waals surface area contributed by atoms with Crippen LogP contribution in [0.25, 0.3) is 196 Å². The van der Waals surface area contributed by atoms with Gasteiger partial charge in [0.05, 0.1) is 0 Å². The van der Waals surface area contributed by atoms with Crippen LogP contribution >= 0.6 is 0 Å². The van der Waals surface area contributed by atoms with E-state index < -0.39 is 0 Å². The molecule has 1 aliphatic carbocycles. The van der Waals surface area contributed by atoms with Crippen molar-refractivity contribution >= 4 is 118 Å². The second-order valence-electron chi connectivity index (χ2n) is 25.1. The largest absolute Gasteiger partial charge is 0.0622 e. The molecule has 0 saturated heterocycles. The van der Waals surface area contributed by atoms with Crippen LogP contribution in [0.15, 0.2) is 255 Å². The number of benzene rings is 16. The van der Waals surface area contributed by atoms with Crippen LogP contribution in [-0.2, 0) is 0 Å². The SMILES string of the molecule is CC(C)c1cccc(C(C)C)c1-c1ccc2c3cc4c(-c5ccccc5)c5c6ccc7c8ccc9c%10c(ccc(c%11ccc(c5c(-c5ccccc5)c4cc3c3cccc1c32)c6c%117)c%108)-c1c-9c(-c2ccccc2)c2ccccc2c1-c1ccccc1. The van der Waals surface area contributed by atoms with Gasteiger partial charge in [0, 0.05) is 0 Å². The first-order chi connectivity index (χ1) is 42.4. The zero-order valence-corrected chi connectivity index (χ0v) is 48.4. The molecule has 0 saturated carbocycles. The van der Waals surface area contributed by atoms with Gasteiger partial charge in [-0.25, -0.2) is 0 Å². The molecule has 0 heteroatoms. The Morgan fingerprint density at radius 3 is 0.953 bits per heavy atom. The van der Waals surface area contributed by atoms with Crippen molar-refractivity contribution in [1.82, 2.24) is 0 Å². The zero-order chi connectivity index (χ0) is 56.8. The zero-order valence-electron chi connectivity index (χ0n) is 48.4. The summed E-state index contributed by atoms with van der Waals surface area (Å²) >= 11 is 0. The van der Waals surface area contributed by atoms with Gasteiger partial charge in [0.1, 0.15) is 0 Å². The summed E-state index contributed by atoms with van der Waals surface area (Å²) in [5, 5.41) is 29.0. The van der Waals surface area contributed by atoms with Crippen molar-refractivity contribution < 1.29 is 0 Å². The Labute approximate surface area is 498 Å². The molecule has 400 valence electrons. The first-order valence-electron chi connectivity index (χ1n) is 30.8. The lowest BCUT2D eigenvalue weighted by atomic mass is 9.82. The molecule has 0 heterocycles. The molecule has 0 aromatic heterocycles. The van der Waals surface area contributed by atoms with Crippen LogP contribution in [0.1, 0.15) is 50.7 Å². The van der Waals surface area contributed by atoms with Crippen LogP contribution in [0, 0.1) is 0 Å². The monoisotopic (exact) mass is 1090 g/mol. The Kier molecular flexibility index (Phi) is 9.82. The number of hydrogen-bond acceptors (Lipinski definition) is 0. The fraction of sp³-hybridized carbons (Fsp3) is 0.0698. The quantitative estimate of drug-likeness (QED) is 0.110. The van der Waals surface area contributed by atoms with E-state index in [0.29, 0.717) is 11.8 Å². The summed E-state index contributed by atoms with van der Waals surface area (Å²) in [6, 6.07) is 97.8. The van der Waals surface area contributed by atoms with Gasteiger partial charge in [-0.3, -0.25) is 0 Å². The van der Waals surface area contributed by atoms with E-state index in [-0.39, 0.29) is 0 Å². The third-order valence-corrected chi connectivity index (χ3v) is 20.2. The first-order valence-corrected chi connectivity index (χ1v) is 30.8. The lowest BCUT2D eigenvalue weighted by Gasteiger charge is -2.21. The summed E-state index contributed by atoms with van der Waals surface area (Å²) in [6.45, 7) is 9.36. The second-order valence-corrected chi connectivity index (χ2v) is 25.1. The van der Waals surface area contributed by atoms with Gasteiger partial charge in [-0.15, -0.1) is 0 Å². The van der Waals surface area contributed by atoms with Crippen LogP contribution in [0.3, 0.4) is 0 Å². The average molecular weight is 1090 g/mol. The molecule has 0 N–H and O–H groups in total. The summed E-state index contributed by atoms with van der Waals surface area (Å²) in [7, 11) is 0. The second kappa shape index (κ2) is 17.6. The standard InChI is InChI=1S/C86H56/c1-47(2)53-31-19-32-54(48(3)4)77(53)59-35-36-64-70-46-72-71(45-69(70)58-34-20-33-57(59)78(58)64)75(51-25-13-7-14-26-51)85-67-43-39-62-60-37-41-65-81-66(42-38-61(79(60)81)63-40-44-68(82(67)80(62)63)86(85)76(72)52-27-15-8-16-28-52)84-74(50-23-11-6-12-24-50)56-30-18-17-29-55(56)73(83(65)84)49-21-9-5-10-22-49/h5-48H,1-4H3. The summed E-state index contributed by atoms with van der Waals surface area (Å²) in [5.74, 6) is 0.788. The van der Waals surface area contributed by atoms with Gasteiger partial charge in [-0.2, -0.15) is 0 Å². The van der Waals surface area contributed by atoms with Crippen molar-refractivity contribution in [3.63, 3.8) is 0 Å². The smallest absolute Gasteiger partial charge is 0.000740 e. The van der Waals surface area contributed by atoms with Crippen molar-refractivity contribution in [1.29, 1.82) is 0 Å². The fourth-order valence-corrected chi connectivity index (χ4v) is 16.8. The topological polar surface area (TPSA) is 0 Å². The van der Waals surface area contributed by atoms with E-state index in [1.165, 1.54) is 208 Å². The molecule has 19 rings (SSSR count). The molecule has 0 radical (unpaired) electrons. The Bertz CT molecular complexity index is 5580. The van der Waals surface area contributed by atoms with Crippen LogP contribution in [0.4, 0.5) is 0 Å². The molecule has 0 spiro atoms. The van der Waals surface area contributed by atoms with Crippen molar-refractivity contribution in [2.24, 2.45) is 0 Å². The minimum absolute atomic E-state index is 0.394. The Morgan fingerprint density at radius 1 is 0.174 bits per heavy atom. The van der Waals surface area contributed by atoms with Gasteiger partial charge < -0.3 is 0 Å². The summed E-state index contributed by atoms with van der Waals surface area (Å²) in [6.07, 6.45) is 0. The molecule has 18 aromatic rings. The number of fused-ring (bicyclic) bond motifs is 13. The van der Waals surface area contributed by atoms with Gasteiger partial charge >= 0.3 is 0 Å². The van der Waals surface area contributed by atoms with Crippen molar-refractivity contribution in [3.05, 3.63) is 266 Å². The Morgan fingerprint density at radius 2 is 0.500 bits per heavy atom. The van der Waals surface area contributed by atoms with Crippen molar-refractivity contribution in [2.75, 3.05) is 0 Å². The third-order valence-electron chi connectivity index (χ3n) is 20.2. The van der Waals surface area contributed by atoms with E-state index >= 15 is 0 Å². The van der Waals surface area contributed by atoms with E-state index in [4.69, 9.17) is 0 Å². The molecule has 0 aliphatic heterocycles. The van der Waals surface area contributed by atoms with Crippen molar-refractivity contribution in [3.8, 4) is 77.9 Å². The first kappa shape index (κ1) is 48.0. The van der Waals surface area contributed by atoms with Crippen LogP contribution < -0.4 is 0 Å². The molecule has 0 bridgehead atoms. The predicted molar refractivity (Wildman–Crippen MR) is 372 cm³/mol. The maximum absolute atomic E-state index is 2.58. The van der Waals surface area contributed by atoms with Crippen LogP contribution in [0.5, 0.6) is 0 Å².